The number of halogens is 4. The molecule has 1 amide bonds. The fourth-order valence-corrected chi connectivity index (χ4v) is 1.86. The van der Waals surface area contributed by atoms with Crippen molar-refractivity contribution >= 4 is 35.0 Å². The van der Waals surface area contributed by atoms with Crippen molar-refractivity contribution in [1.82, 2.24) is 0 Å². The number of amides is 1. The molecule has 2 nitrogen and oxygen atoms in total. The fourth-order valence-electron chi connectivity index (χ4n) is 0.984. The van der Waals surface area contributed by atoms with Gasteiger partial charge in [0, 0.05) is 11.8 Å². The Morgan fingerprint density at radius 1 is 1.44 bits per heavy atom. The predicted molar refractivity (Wildman–Crippen MR) is 57.7 cm³/mol. The highest BCUT2D eigenvalue weighted by Crippen LogP contribution is 2.38. The Balaban J connectivity index is 2.87. The van der Waals surface area contributed by atoms with Crippen molar-refractivity contribution in [1.29, 1.82) is 0 Å². The number of alkyl halides is 3. The Hall–Kier alpha value is -0.880. The van der Waals surface area contributed by atoms with E-state index in [1.807, 2.05) is 0 Å². The molecule has 0 saturated carbocycles. The monoisotopic (exact) mass is 269 g/mol. The highest BCUT2D eigenvalue weighted by molar-refractivity contribution is 8.00. The maximum Gasteiger partial charge on any atom is 0.446 e. The molecule has 1 rings (SSSR count). The number of thioether (sulfide) groups is 1. The molecule has 0 aliphatic rings. The average molecular weight is 270 g/mol. The summed E-state index contributed by atoms with van der Waals surface area (Å²) in [6, 6.07) is 3.73. The SMILES string of the molecule is CC(=O)Nc1ccc(SC(F)(F)F)cc1Cl. The number of anilines is 1. The second-order valence-electron chi connectivity index (χ2n) is 2.87. The number of benzene rings is 1. The van der Waals surface area contributed by atoms with Gasteiger partial charge in [-0.15, -0.1) is 0 Å². The summed E-state index contributed by atoms with van der Waals surface area (Å²) in [4.78, 5) is 10.7. The third-order valence-electron chi connectivity index (χ3n) is 1.48. The van der Waals surface area contributed by atoms with Gasteiger partial charge in [-0.3, -0.25) is 4.79 Å². The van der Waals surface area contributed by atoms with Gasteiger partial charge in [0.15, 0.2) is 0 Å². The highest BCUT2D eigenvalue weighted by atomic mass is 35.5. The maximum absolute atomic E-state index is 12.0. The molecule has 88 valence electrons. The number of carbonyl (C=O) groups excluding carboxylic acids is 1. The van der Waals surface area contributed by atoms with E-state index in [0.717, 1.165) is 6.07 Å². The van der Waals surface area contributed by atoms with Gasteiger partial charge in [0.25, 0.3) is 0 Å². The molecule has 0 fully saturated rings. The first-order valence-corrected chi connectivity index (χ1v) is 5.30. The number of rotatable bonds is 2. The maximum atomic E-state index is 12.0. The molecule has 0 saturated heterocycles. The quantitative estimate of drug-likeness (QED) is 0.825. The minimum Gasteiger partial charge on any atom is -0.325 e. The molecule has 1 aromatic carbocycles. The molecule has 0 aliphatic heterocycles. The summed E-state index contributed by atoms with van der Waals surface area (Å²) in [7, 11) is 0. The third-order valence-corrected chi connectivity index (χ3v) is 2.52. The van der Waals surface area contributed by atoms with Crippen LogP contribution in [0.4, 0.5) is 18.9 Å². The zero-order chi connectivity index (χ0) is 12.3. The topological polar surface area (TPSA) is 29.1 Å². The molecule has 0 unspecified atom stereocenters. The van der Waals surface area contributed by atoms with E-state index in [-0.39, 0.29) is 27.6 Å². The first-order chi connectivity index (χ1) is 7.28. The van der Waals surface area contributed by atoms with Crippen LogP contribution in [0.15, 0.2) is 23.1 Å². The van der Waals surface area contributed by atoms with Gasteiger partial charge in [-0.05, 0) is 30.0 Å². The number of hydrogen-bond donors (Lipinski definition) is 1. The standard InChI is InChI=1S/C9H7ClF3NOS/c1-5(15)14-8-3-2-6(4-7(8)10)16-9(11,12)13/h2-4H,1H3,(H,14,15). The minimum absolute atomic E-state index is 0.0217. The second kappa shape index (κ2) is 4.97. The summed E-state index contributed by atoms with van der Waals surface area (Å²) in [5, 5.41) is 2.48. The summed E-state index contributed by atoms with van der Waals surface area (Å²) >= 11 is 5.45. The van der Waals surface area contributed by atoms with Crippen molar-refractivity contribution < 1.29 is 18.0 Å². The summed E-state index contributed by atoms with van der Waals surface area (Å²) < 4.78 is 36.1. The van der Waals surface area contributed by atoms with Crippen LogP contribution in [0.25, 0.3) is 0 Å². The molecule has 0 aliphatic carbocycles. The molecular formula is C9H7ClF3NOS. The number of carbonyl (C=O) groups is 1. The Bertz CT molecular complexity index is 408. The van der Waals surface area contributed by atoms with Crippen LogP contribution in [0.1, 0.15) is 6.92 Å². The molecule has 0 atom stereocenters. The van der Waals surface area contributed by atoms with Gasteiger partial charge >= 0.3 is 5.51 Å². The van der Waals surface area contributed by atoms with E-state index in [9.17, 15) is 18.0 Å². The Labute approximate surface area is 99.2 Å². The molecule has 1 N–H and O–H groups in total. The van der Waals surface area contributed by atoms with Crippen LogP contribution in [-0.2, 0) is 4.79 Å². The molecule has 1 aromatic rings. The summed E-state index contributed by atoms with van der Waals surface area (Å²) in [6.07, 6.45) is 0. The van der Waals surface area contributed by atoms with E-state index in [2.05, 4.69) is 5.32 Å². The molecule has 0 bridgehead atoms. The Kier molecular flexibility index (Phi) is 4.09. The van der Waals surface area contributed by atoms with Crippen molar-refractivity contribution in [3.63, 3.8) is 0 Å². The van der Waals surface area contributed by atoms with Gasteiger partial charge in [0.05, 0.1) is 10.7 Å². The molecular weight excluding hydrogens is 263 g/mol. The van der Waals surface area contributed by atoms with Crippen LogP contribution in [-0.4, -0.2) is 11.4 Å². The van der Waals surface area contributed by atoms with E-state index in [4.69, 9.17) is 11.6 Å². The van der Waals surface area contributed by atoms with Gasteiger partial charge in [-0.25, -0.2) is 0 Å². The Morgan fingerprint density at radius 2 is 2.06 bits per heavy atom. The molecule has 0 radical (unpaired) electrons. The van der Waals surface area contributed by atoms with Gasteiger partial charge in [-0.1, -0.05) is 11.6 Å². The van der Waals surface area contributed by atoms with E-state index in [1.54, 1.807) is 0 Å². The fraction of sp³-hybridized carbons (Fsp3) is 0.222. The molecule has 0 spiro atoms. The molecule has 16 heavy (non-hydrogen) atoms. The van der Waals surface area contributed by atoms with E-state index in [0.29, 0.717) is 5.69 Å². The molecule has 7 heteroatoms. The zero-order valence-electron chi connectivity index (χ0n) is 8.06. The van der Waals surface area contributed by atoms with E-state index in [1.165, 1.54) is 19.1 Å². The van der Waals surface area contributed by atoms with Crippen molar-refractivity contribution in [2.75, 3.05) is 5.32 Å². The average Bonchev–Trinajstić information content (AvgIpc) is 2.06. The van der Waals surface area contributed by atoms with Crippen LogP contribution >= 0.6 is 23.4 Å². The van der Waals surface area contributed by atoms with E-state index >= 15 is 0 Å². The largest absolute Gasteiger partial charge is 0.446 e. The van der Waals surface area contributed by atoms with Crippen molar-refractivity contribution in [3.05, 3.63) is 23.2 Å². The van der Waals surface area contributed by atoms with Crippen LogP contribution in [0.3, 0.4) is 0 Å². The smallest absolute Gasteiger partial charge is 0.325 e. The van der Waals surface area contributed by atoms with Crippen molar-refractivity contribution in [3.8, 4) is 0 Å². The second-order valence-corrected chi connectivity index (χ2v) is 4.42. The minimum atomic E-state index is -4.35. The summed E-state index contributed by atoms with van der Waals surface area (Å²) in [5.41, 5.74) is -4.06. The predicted octanol–water partition coefficient (Wildman–Crippen LogP) is 3.91. The number of nitrogens with one attached hydrogen (secondary N) is 1. The lowest BCUT2D eigenvalue weighted by molar-refractivity contribution is -0.114. The van der Waals surface area contributed by atoms with Gasteiger partial charge < -0.3 is 5.32 Å². The summed E-state index contributed by atoms with van der Waals surface area (Å²) in [6.45, 7) is 1.29. The lowest BCUT2D eigenvalue weighted by atomic mass is 10.3. The van der Waals surface area contributed by atoms with E-state index < -0.39 is 5.51 Å². The van der Waals surface area contributed by atoms with Crippen molar-refractivity contribution in [2.24, 2.45) is 0 Å². The lowest BCUT2D eigenvalue weighted by Gasteiger charge is -2.08. The molecule has 0 heterocycles. The van der Waals surface area contributed by atoms with Crippen LogP contribution in [0, 0.1) is 0 Å². The first kappa shape index (κ1) is 13.2. The van der Waals surface area contributed by atoms with Crippen LogP contribution in [0.2, 0.25) is 5.02 Å². The first-order valence-electron chi connectivity index (χ1n) is 4.11. The van der Waals surface area contributed by atoms with Gasteiger partial charge in [0.2, 0.25) is 5.91 Å². The van der Waals surface area contributed by atoms with Crippen LogP contribution < -0.4 is 5.32 Å². The van der Waals surface area contributed by atoms with Crippen LogP contribution in [0.5, 0.6) is 0 Å². The number of hydrogen-bond acceptors (Lipinski definition) is 2. The summed E-state index contributed by atoms with van der Waals surface area (Å²) in [5.74, 6) is -0.335. The third kappa shape index (κ3) is 4.32. The highest BCUT2D eigenvalue weighted by Gasteiger charge is 2.29. The molecule has 0 aromatic heterocycles. The van der Waals surface area contributed by atoms with Gasteiger partial charge in [-0.2, -0.15) is 13.2 Å². The Morgan fingerprint density at radius 3 is 2.50 bits per heavy atom. The van der Waals surface area contributed by atoms with Gasteiger partial charge in [0.1, 0.15) is 0 Å². The normalized spacial score (nSPS) is 11.3. The lowest BCUT2D eigenvalue weighted by Crippen LogP contribution is -2.06. The van der Waals surface area contributed by atoms with Crippen molar-refractivity contribution in [2.45, 2.75) is 17.3 Å². The zero-order valence-corrected chi connectivity index (χ0v) is 9.63.